The third kappa shape index (κ3) is 5.12. The predicted molar refractivity (Wildman–Crippen MR) is 104 cm³/mol. The lowest BCUT2D eigenvalue weighted by molar-refractivity contribution is -0.908. The van der Waals surface area contributed by atoms with Crippen molar-refractivity contribution >= 4 is 29.2 Å². The van der Waals surface area contributed by atoms with Gasteiger partial charge in [0.1, 0.15) is 18.9 Å². The SMILES string of the molecule is Cc1ccc(Nc2nc(N)nc(C[NH+](C)Cc3c(F)cccc3Cl)n2)cc1. The molecule has 0 saturated carbocycles. The molecule has 0 aliphatic rings. The van der Waals surface area contributed by atoms with Crippen molar-refractivity contribution in [3.05, 3.63) is 70.3 Å². The van der Waals surface area contributed by atoms with Gasteiger partial charge in [-0.15, -0.1) is 0 Å². The molecule has 0 spiro atoms. The second kappa shape index (κ2) is 8.28. The summed E-state index contributed by atoms with van der Waals surface area (Å²) in [5.74, 6) is 0.699. The summed E-state index contributed by atoms with van der Waals surface area (Å²) in [6.07, 6.45) is 0. The molecule has 0 aliphatic carbocycles. The Morgan fingerprint density at radius 2 is 1.81 bits per heavy atom. The average Bonchev–Trinajstić information content (AvgIpc) is 2.60. The number of hydrogen-bond donors (Lipinski definition) is 3. The monoisotopic (exact) mass is 387 g/mol. The van der Waals surface area contributed by atoms with Gasteiger partial charge in [-0.1, -0.05) is 35.4 Å². The molecule has 0 fully saturated rings. The molecule has 1 unspecified atom stereocenters. The Labute approximate surface area is 162 Å². The molecule has 0 saturated heterocycles. The van der Waals surface area contributed by atoms with E-state index in [2.05, 4.69) is 20.3 Å². The Bertz CT molecular complexity index is 912. The van der Waals surface area contributed by atoms with Crippen LogP contribution in [0.25, 0.3) is 0 Å². The number of quaternary nitrogens is 1. The average molecular weight is 388 g/mol. The van der Waals surface area contributed by atoms with E-state index in [4.69, 9.17) is 17.3 Å². The van der Waals surface area contributed by atoms with Gasteiger partial charge in [-0.05, 0) is 31.2 Å². The molecule has 6 nitrogen and oxygen atoms in total. The molecule has 0 amide bonds. The van der Waals surface area contributed by atoms with Crippen LogP contribution < -0.4 is 16.0 Å². The fraction of sp³-hybridized carbons (Fsp3) is 0.211. The molecular weight excluding hydrogens is 367 g/mol. The summed E-state index contributed by atoms with van der Waals surface area (Å²) in [7, 11) is 1.91. The van der Waals surface area contributed by atoms with Crippen LogP contribution in [0.1, 0.15) is 17.0 Å². The number of nitrogen functional groups attached to an aromatic ring is 1. The second-order valence-electron chi connectivity index (χ2n) is 6.44. The molecule has 1 atom stereocenters. The number of nitrogens with two attached hydrogens (primary N) is 1. The van der Waals surface area contributed by atoms with Crippen LogP contribution in [0, 0.1) is 12.7 Å². The van der Waals surface area contributed by atoms with E-state index in [0.717, 1.165) is 16.2 Å². The first kappa shape index (κ1) is 19.0. The largest absolute Gasteiger partial charge is 0.368 e. The molecule has 3 rings (SSSR count). The third-order valence-corrected chi connectivity index (χ3v) is 4.36. The van der Waals surface area contributed by atoms with E-state index >= 15 is 0 Å². The fourth-order valence-electron chi connectivity index (χ4n) is 2.67. The zero-order valence-corrected chi connectivity index (χ0v) is 15.9. The lowest BCUT2D eigenvalue weighted by Crippen LogP contribution is -3.06. The van der Waals surface area contributed by atoms with Crippen LogP contribution in [0.2, 0.25) is 5.02 Å². The van der Waals surface area contributed by atoms with Gasteiger partial charge in [-0.3, -0.25) is 0 Å². The maximum Gasteiger partial charge on any atom is 0.232 e. The Balaban J connectivity index is 1.73. The predicted octanol–water partition coefficient (Wildman–Crippen LogP) is 2.51. The fourth-order valence-corrected chi connectivity index (χ4v) is 2.90. The molecule has 0 aliphatic heterocycles. The topological polar surface area (TPSA) is 81.2 Å². The Morgan fingerprint density at radius 1 is 1.07 bits per heavy atom. The van der Waals surface area contributed by atoms with Crippen LogP contribution in [-0.2, 0) is 13.1 Å². The third-order valence-electron chi connectivity index (χ3n) is 4.01. The first-order valence-electron chi connectivity index (χ1n) is 8.49. The molecular formula is C19H21ClFN6+. The number of anilines is 3. The standard InChI is InChI=1S/C19H20ClFN6/c1-12-6-8-13(9-7-12)23-19-25-17(24-18(22)26-19)11-27(2)10-14-15(20)4-3-5-16(14)21/h3-9H,10-11H2,1-2H3,(H3,22,23,24,25,26)/p+1. The second-order valence-corrected chi connectivity index (χ2v) is 6.84. The number of nitrogens with zero attached hydrogens (tertiary/aromatic N) is 3. The zero-order valence-electron chi connectivity index (χ0n) is 15.1. The highest BCUT2D eigenvalue weighted by Crippen LogP contribution is 2.18. The summed E-state index contributed by atoms with van der Waals surface area (Å²) < 4.78 is 14.0. The maximum atomic E-state index is 14.0. The smallest absolute Gasteiger partial charge is 0.232 e. The zero-order chi connectivity index (χ0) is 19.4. The molecule has 0 bridgehead atoms. The molecule has 27 heavy (non-hydrogen) atoms. The number of rotatable bonds is 6. The summed E-state index contributed by atoms with van der Waals surface area (Å²) in [5, 5.41) is 3.53. The summed E-state index contributed by atoms with van der Waals surface area (Å²) in [4.78, 5) is 13.7. The van der Waals surface area contributed by atoms with Crippen LogP contribution in [0.4, 0.5) is 22.0 Å². The van der Waals surface area contributed by atoms with Gasteiger partial charge in [0.15, 0.2) is 5.82 Å². The number of nitrogens with one attached hydrogen (secondary N) is 2. The molecule has 1 heterocycles. The molecule has 140 valence electrons. The van der Waals surface area contributed by atoms with E-state index in [-0.39, 0.29) is 11.8 Å². The van der Waals surface area contributed by atoms with E-state index in [1.165, 1.54) is 6.07 Å². The van der Waals surface area contributed by atoms with Gasteiger partial charge in [-0.25, -0.2) is 4.39 Å². The van der Waals surface area contributed by atoms with E-state index in [9.17, 15) is 4.39 Å². The van der Waals surface area contributed by atoms with Gasteiger partial charge in [0.25, 0.3) is 0 Å². The van der Waals surface area contributed by atoms with Crippen LogP contribution >= 0.6 is 11.6 Å². The molecule has 0 radical (unpaired) electrons. The lowest BCUT2D eigenvalue weighted by Gasteiger charge is -2.15. The molecule has 4 N–H and O–H groups in total. The van der Waals surface area contributed by atoms with Crippen molar-refractivity contribution in [1.82, 2.24) is 15.0 Å². The van der Waals surface area contributed by atoms with Gasteiger partial charge < -0.3 is 16.0 Å². The van der Waals surface area contributed by atoms with Crippen LogP contribution in [-0.4, -0.2) is 22.0 Å². The molecule has 2 aromatic carbocycles. The van der Waals surface area contributed by atoms with E-state index in [1.54, 1.807) is 12.1 Å². The van der Waals surface area contributed by atoms with E-state index < -0.39 is 0 Å². The summed E-state index contributed by atoms with van der Waals surface area (Å²) in [6, 6.07) is 12.5. The number of halogens is 2. The summed E-state index contributed by atoms with van der Waals surface area (Å²) in [6.45, 7) is 2.86. The number of hydrogen-bond acceptors (Lipinski definition) is 5. The van der Waals surface area contributed by atoms with Crippen molar-refractivity contribution in [2.24, 2.45) is 0 Å². The van der Waals surface area contributed by atoms with Gasteiger partial charge >= 0.3 is 0 Å². The van der Waals surface area contributed by atoms with Gasteiger partial charge in [-0.2, -0.15) is 15.0 Å². The van der Waals surface area contributed by atoms with Crippen molar-refractivity contribution in [1.29, 1.82) is 0 Å². The number of aryl methyl sites for hydroxylation is 1. The summed E-state index contributed by atoms with van der Waals surface area (Å²) in [5.41, 5.74) is 8.31. The van der Waals surface area contributed by atoms with Crippen molar-refractivity contribution in [2.45, 2.75) is 20.0 Å². The van der Waals surface area contributed by atoms with Crippen LogP contribution in [0.5, 0.6) is 0 Å². The van der Waals surface area contributed by atoms with Crippen molar-refractivity contribution in [3.63, 3.8) is 0 Å². The lowest BCUT2D eigenvalue weighted by atomic mass is 10.2. The minimum atomic E-state index is -0.321. The van der Waals surface area contributed by atoms with Crippen LogP contribution in [0.15, 0.2) is 42.5 Å². The molecule has 1 aromatic heterocycles. The van der Waals surface area contributed by atoms with Crippen molar-refractivity contribution < 1.29 is 9.29 Å². The number of benzene rings is 2. The van der Waals surface area contributed by atoms with E-state index in [0.29, 0.717) is 35.4 Å². The Morgan fingerprint density at radius 3 is 2.52 bits per heavy atom. The van der Waals surface area contributed by atoms with Gasteiger partial charge in [0, 0.05) is 5.69 Å². The minimum absolute atomic E-state index is 0.131. The van der Waals surface area contributed by atoms with Gasteiger partial charge in [0.05, 0.1) is 17.6 Å². The Hall–Kier alpha value is -2.77. The molecule has 3 aromatic rings. The minimum Gasteiger partial charge on any atom is -0.368 e. The van der Waals surface area contributed by atoms with Crippen molar-refractivity contribution in [3.8, 4) is 0 Å². The summed E-state index contributed by atoms with van der Waals surface area (Å²) >= 11 is 6.10. The maximum absolute atomic E-state index is 14.0. The normalized spacial score (nSPS) is 12.0. The van der Waals surface area contributed by atoms with Gasteiger partial charge in [0.2, 0.25) is 11.9 Å². The molecule has 8 heteroatoms. The van der Waals surface area contributed by atoms with Crippen molar-refractivity contribution in [2.75, 3.05) is 18.1 Å². The van der Waals surface area contributed by atoms with Crippen LogP contribution in [0.3, 0.4) is 0 Å². The number of aromatic nitrogens is 3. The first-order valence-corrected chi connectivity index (χ1v) is 8.87. The quantitative estimate of drug-likeness (QED) is 0.605. The highest BCUT2D eigenvalue weighted by Gasteiger charge is 2.15. The Kier molecular flexibility index (Phi) is 5.83. The highest BCUT2D eigenvalue weighted by atomic mass is 35.5. The van der Waals surface area contributed by atoms with E-state index in [1.807, 2.05) is 38.2 Å². The highest BCUT2D eigenvalue weighted by molar-refractivity contribution is 6.31. The first-order chi connectivity index (χ1) is 12.9.